The van der Waals surface area contributed by atoms with Crippen LogP contribution in [0.5, 0.6) is 0 Å². The summed E-state index contributed by atoms with van der Waals surface area (Å²) in [5, 5.41) is 11.1. The molecule has 0 saturated carbocycles. The first kappa shape index (κ1) is 16.1. The fourth-order valence-electron chi connectivity index (χ4n) is 2.04. The number of sulfonamides is 1. The van der Waals surface area contributed by atoms with Crippen molar-refractivity contribution in [1.82, 2.24) is 9.29 Å². The summed E-state index contributed by atoms with van der Waals surface area (Å²) in [7, 11) is -2.03. The molecule has 0 spiro atoms. The zero-order valence-electron chi connectivity index (χ0n) is 12.0. The van der Waals surface area contributed by atoms with Crippen LogP contribution in [0.4, 0.5) is 0 Å². The molecule has 0 aliphatic rings. The lowest BCUT2D eigenvalue weighted by Gasteiger charge is -2.18. The molecule has 0 unspecified atom stereocenters. The highest BCUT2D eigenvalue weighted by molar-refractivity contribution is 7.89. The summed E-state index contributed by atoms with van der Waals surface area (Å²) in [5.74, 6) is 0. The predicted molar refractivity (Wildman–Crippen MR) is 82.7 cm³/mol. The van der Waals surface area contributed by atoms with Gasteiger partial charge in [-0.15, -0.1) is 11.3 Å². The van der Waals surface area contributed by atoms with Crippen LogP contribution in [-0.2, 0) is 23.1 Å². The van der Waals surface area contributed by atoms with E-state index in [-0.39, 0.29) is 11.5 Å². The van der Waals surface area contributed by atoms with Gasteiger partial charge in [-0.25, -0.2) is 12.7 Å². The number of likely N-dealkylation sites (N-methyl/N-ethyl adjacent to an activating group) is 1. The molecule has 2 aromatic heterocycles. The van der Waals surface area contributed by atoms with Gasteiger partial charge in [-0.1, -0.05) is 6.07 Å². The Labute approximate surface area is 128 Å². The highest BCUT2D eigenvalue weighted by Crippen LogP contribution is 2.29. The maximum absolute atomic E-state index is 12.6. The first-order chi connectivity index (χ1) is 9.96. The third kappa shape index (κ3) is 3.49. The van der Waals surface area contributed by atoms with Crippen molar-refractivity contribution in [2.45, 2.75) is 24.8 Å². The number of aliphatic hydroxyl groups is 1. The van der Waals surface area contributed by atoms with E-state index in [9.17, 15) is 13.5 Å². The third-order valence-electron chi connectivity index (χ3n) is 3.21. The molecule has 2 aromatic rings. The molecule has 21 heavy (non-hydrogen) atoms. The van der Waals surface area contributed by atoms with Gasteiger partial charge in [0, 0.05) is 31.9 Å². The van der Waals surface area contributed by atoms with Gasteiger partial charge in [-0.3, -0.25) is 4.98 Å². The van der Waals surface area contributed by atoms with Gasteiger partial charge in [0.1, 0.15) is 4.90 Å². The smallest absolute Gasteiger partial charge is 0.244 e. The number of pyridine rings is 1. The lowest BCUT2D eigenvalue weighted by molar-refractivity contribution is 0.282. The van der Waals surface area contributed by atoms with Crippen molar-refractivity contribution in [3.05, 3.63) is 45.9 Å². The van der Waals surface area contributed by atoms with Gasteiger partial charge in [0.05, 0.1) is 11.5 Å². The van der Waals surface area contributed by atoms with Crippen molar-refractivity contribution in [3.63, 3.8) is 0 Å². The van der Waals surface area contributed by atoms with E-state index in [1.54, 1.807) is 25.5 Å². The van der Waals surface area contributed by atoms with Gasteiger partial charge >= 0.3 is 0 Å². The normalized spacial score (nSPS) is 12.0. The lowest BCUT2D eigenvalue weighted by atomic mass is 10.3. The zero-order chi connectivity index (χ0) is 15.5. The first-order valence-electron chi connectivity index (χ1n) is 6.51. The molecule has 2 rings (SSSR count). The number of aromatic nitrogens is 1. The molecule has 1 N–H and O–H groups in total. The van der Waals surface area contributed by atoms with E-state index in [2.05, 4.69) is 4.98 Å². The van der Waals surface area contributed by atoms with Crippen LogP contribution < -0.4 is 0 Å². The summed E-state index contributed by atoms with van der Waals surface area (Å²) in [6, 6.07) is 5.57. The van der Waals surface area contributed by atoms with Gasteiger partial charge in [-0.05, 0) is 30.0 Å². The molecular weight excluding hydrogens is 308 g/mol. The fourth-order valence-corrected chi connectivity index (χ4v) is 4.81. The third-order valence-corrected chi connectivity index (χ3v) is 6.52. The van der Waals surface area contributed by atoms with Crippen LogP contribution in [0.3, 0.4) is 0 Å². The second-order valence-corrected chi connectivity index (χ2v) is 7.67. The van der Waals surface area contributed by atoms with E-state index in [0.717, 1.165) is 5.69 Å². The van der Waals surface area contributed by atoms with Crippen LogP contribution in [0, 0.1) is 6.92 Å². The lowest BCUT2D eigenvalue weighted by Crippen LogP contribution is -2.30. The van der Waals surface area contributed by atoms with Gasteiger partial charge in [-0.2, -0.15) is 0 Å². The van der Waals surface area contributed by atoms with E-state index in [1.807, 2.05) is 18.2 Å². The average molecular weight is 326 g/mol. The van der Waals surface area contributed by atoms with Gasteiger partial charge < -0.3 is 5.11 Å². The minimum atomic E-state index is -3.58. The Morgan fingerprint density at radius 2 is 2.14 bits per heavy atom. The highest BCUT2D eigenvalue weighted by Gasteiger charge is 2.26. The molecule has 0 radical (unpaired) electrons. The van der Waals surface area contributed by atoms with Gasteiger partial charge in [0.15, 0.2) is 0 Å². The quantitative estimate of drug-likeness (QED) is 0.879. The molecule has 2 heterocycles. The highest BCUT2D eigenvalue weighted by atomic mass is 32.2. The monoisotopic (exact) mass is 326 g/mol. The van der Waals surface area contributed by atoms with Crippen LogP contribution in [-0.4, -0.2) is 36.4 Å². The average Bonchev–Trinajstić information content (AvgIpc) is 2.87. The van der Waals surface area contributed by atoms with Crippen molar-refractivity contribution < 1.29 is 13.5 Å². The maximum Gasteiger partial charge on any atom is 0.244 e. The molecule has 0 aromatic carbocycles. The number of hydrogen-bond acceptors (Lipinski definition) is 5. The Hall–Kier alpha value is -1.28. The van der Waals surface area contributed by atoms with E-state index in [1.165, 1.54) is 15.6 Å². The molecule has 7 heteroatoms. The topological polar surface area (TPSA) is 70.5 Å². The second kappa shape index (κ2) is 6.65. The first-order valence-corrected chi connectivity index (χ1v) is 8.83. The number of hydrogen-bond donors (Lipinski definition) is 1. The van der Waals surface area contributed by atoms with Gasteiger partial charge in [0.2, 0.25) is 10.0 Å². The SMILES string of the molecule is Cc1csc(CO)c1S(=O)(=O)N(C)CCc1ccccn1. The Balaban J connectivity index is 2.17. The molecule has 0 aliphatic heterocycles. The predicted octanol–water partition coefficient (Wildman–Crippen LogP) is 1.81. The summed E-state index contributed by atoms with van der Waals surface area (Å²) in [6.07, 6.45) is 2.24. The van der Waals surface area contributed by atoms with E-state index in [4.69, 9.17) is 0 Å². The summed E-state index contributed by atoms with van der Waals surface area (Å²) in [4.78, 5) is 4.91. The number of rotatable bonds is 6. The van der Waals surface area contributed by atoms with E-state index in [0.29, 0.717) is 23.4 Å². The molecule has 0 fully saturated rings. The van der Waals surface area contributed by atoms with Crippen LogP contribution in [0.15, 0.2) is 34.7 Å². The number of thiophene rings is 1. The zero-order valence-corrected chi connectivity index (χ0v) is 13.6. The molecule has 0 saturated heterocycles. The van der Waals surface area contributed by atoms with Crippen molar-refractivity contribution in [2.75, 3.05) is 13.6 Å². The molecule has 0 bridgehead atoms. The van der Waals surface area contributed by atoms with Crippen molar-refractivity contribution in [1.29, 1.82) is 0 Å². The molecule has 0 atom stereocenters. The van der Waals surface area contributed by atoms with Crippen molar-refractivity contribution in [3.8, 4) is 0 Å². The van der Waals surface area contributed by atoms with Crippen molar-refractivity contribution >= 4 is 21.4 Å². The summed E-state index contributed by atoms with van der Waals surface area (Å²) in [6.45, 7) is 1.83. The van der Waals surface area contributed by atoms with Crippen LogP contribution >= 0.6 is 11.3 Å². The van der Waals surface area contributed by atoms with E-state index < -0.39 is 10.0 Å². The maximum atomic E-state index is 12.6. The Bertz CT molecular complexity index is 696. The minimum Gasteiger partial charge on any atom is -0.391 e. The standard InChI is InChI=1S/C14H18N2O3S2/c1-11-10-20-13(9-17)14(11)21(18,19)16(2)8-6-12-5-3-4-7-15-12/h3-5,7,10,17H,6,8-9H2,1-2H3. The van der Waals surface area contributed by atoms with E-state index >= 15 is 0 Å². The van der Waals surface area contributed by atoms with Gasteiger partial charge in [0.25, 0.3) is 0 Å². The van der Waals surface area contributed by atoms with Crippen LogP contribution in [0.2, 0.25) is 0 Å². The Kier molecular flexibility index (Phi) is 5.10. The Morgan fingerprint density at radius 1 is 1.38 bits per heavy atom. The molecule has 0 aliphatic carbocycles. The van der Waals surface area contributed by atoms with Crippen LogP contribution in [0.1, 0.15) is 16.1 Å². The summed E-state index contributed by atoms with van der Waals surface area (Å²) < 4.78 is 26.5. The fraction of sp³-hybridized carbons (Fsp3) is 0.357. The second-order valence-electron chi connectivity index (χ2n) is 4.73. The summed E-state index contributed by atoms with van der Waals surface area (Å²) >= 11 is 1.27. The Morgan fingerprint density at radius 3 is 2.76 bits per heavy atom. The van der Waals surface area contributed by atoms with Crippen LogP contribution in [0.25, 0.3) is 0 Å². The van der Waals surface area contributed by atoms with Crippen molar-refractivity contribution in [2.24, 2.45) is 0 Å². The molecular formula is C14H18N2O3S2. The number of aryl methyl sites for hydroxylation is 1. The minimum absolute atomic E-state index is 0.235. The molecule has 114 valence electrons. The summed E-state index contributed by atoms with van der Waals surface area (Å²) in [5.41, 5.74) is 1.53. The molecule has 0 amide bonds. The number of nitrogens with zero attached hydrogens (tertiary/aromatic N) is 2. The number of aliphatic hydroxyl groups excluding tert-OH is 1. The largest absolute Gasteiger partial charge is 0.391 e. The molecule has 5 nitrogen and oxygen atoms in total.